The number of hydrogen-bond donors (Lipinski definition) is 21. The molecule has 1 aromatic heterocycles. The Labute approximate surface area is 224 Å². The molecule has 0 aromatic carbocycles. The standard InChI is InChI=1S/C3H3N3.7H3O4P/c1-2-4-6-5-3-1;7*1-5(2,3)4/h1-3H;7*(H3,1,2,3,4). The van der Waals surface area contributed by atoms with Gasteiger partial charge in [-0.05, 0) is 11.3 Å². The van der Waals surface area contributed by atoms with Crippen LogP contribution in [0.5, 0.6) is 0 Å². The maximum atomic E-state index is 8.88. The van der Waals surface area contributed by atoms with Gasteiger partial charge in [0.15, 0.2) is 0 Å². The molecular formula is C3H24N3O28P7. The molecule has 0 unspecified atom stereocenters. The van der Waals surface area contributed by atoms with Crippen LogP contribution in [0, 0.1) is 0 Å². The van der Waals surface area contributed by atoms with Crippen LogP contribution in [-0.4, -0.2) is 118 Å². The first-order valence-electron chi connectivity index (χ1n) is 7.06. The van der Waals surface area contributed by atoms with Crippen molar-refractivity contribution in [2.75, 3.05) is 0 Å². The van der Waals surface area contributed by atoms with Crippen LogP contribution < -0.4 is 0 Å². The topological polar surface area (TPSA) is 583 Å². The quantitative estimate of drug-likeness (QED) is 0.109. The summed E-state index contributed by atoms with van der Waals surface area (Å²) in [6, 6.07) is 1.72. The van der Waals surface area contributed by atoms with E-state index in [0.717, 1.165) is 0 Å². The third-order valence-corrected chi connectivity index (χ3v) is 0.409. The highest BCUT2D eigenvalue weighted by atomic mass is 31.2. The third-order valence-electron chi connectivity index (χ3n) is 0.409. The van der Waals surface area contributed by atoms with Crippen LogP contribution in [0.2, 0.25) is 0 Å². The number of hydrogen-bond acceptors (Lipinski definition) is 10. The summed E-state index contributed by atoms with van der Waals surface area (Å²) < 4.78 is 62.2. The van der Waals surface area contributed by atoms with Crippen LogP contribution in [0.3, 0.4) is 0 Å². The molecule has 0 saturated carbocycles. The lowest BCUT2D eigenvalue weighted by atomic mass is 10.7. The average molecular weight is 767 g/mol. The predicted molar refractivity (Wildman–Crippen MR) is 120 cm³/mol. The Morgan fingerprint density at radius 3 is 0.415 bits per heavy atom. The monoisotopic (exact) mass is 767 g/mol. The predicted octanol–water partition coefficient (Wildman–Crippen LogP) is -6.63. The average Bonchev–Trinajstić information content (AvgIpc) is 2.44. The summed E-state index contributed by atoms with van der Waals surface area (Å²) >= 11 is 0. The van der Waals surface area contributed by atoms with Crippen LogP contribution in [-0.2, 0) is 32.0 Å². The molecule has 1 rings (SSSR count). The summed E-state index contributed by atoms with van der Waals surface area (Å²) in [5.41, 5.74) is 0. The van der Waals surface area contributed by atoms with Crippen molar-refractivity contribution in [3.05, 3.63) is 18.5 Å². The molecule has 0 spiro atoms. The van der Waals surface area contributed by atoms with E-state index in [1.54, 1.807) is 18.5 Å². The molecule has 0 bridgehead atoms. The molecule has 31 nitrogen and oxygen atoms in total. The van der Waals surface area contributed by atoms with Crippen molar-refractivity contribution in [1.82, 2.24) is 15.4 Å². The third kappa shape index (κ3) is 1700. The van der Waals surface area contributed by atoms with Crippen molar-refractivity contribution < 1.29 is 135 Å². The summed E-state index contributed by atoms with van der Waals surface area (Å²) in [4.78, 5) is 151. The number of aromatic nitrogens is 3. The van der Waals surface area contributed by atoms with Crippen molar-refractivity contribution in [3.63, 3.8) is 0 Å². The molecule has 0 amide bonds. The summed E-state index contributed by atoms with van der Waals surface area (Å²) in [7, 11) is -32.5. The smallest absolute Gasteiger partial charge is 0.303 e. The SMILES string of the molecule is O=P(O)(O)O.O=P(O)(O)O.O=P(O)(O)O.O=P(O)(O)O.O=P(O)(O)O.O=P(O)(O)O.O=P(O)(O)O.c1cnnnc1. The lowest BCUT2D eigenvalue weighted by Gasteiger charge is -1.82. The first-order chi connectivity index (χ1) is 17.0. The van der Waals surface area contributed by atoms with Crippen molar-refractivity contribution in [2.45, 2.75) is 0 Å². The summed E-state index contributed by atoms with van der Waals surface area (Å²) in [5.74, 6) is 0. The van der Waals surface area contributed by atoms with Gasteiger partial charge in [-0.1, -0.05) is 0 Å². The number of phosphoric acid groups is 7. The Morgan fingerprint density at radius 1 is 0.293 bits per heavy atom. The van der Waals surface area contributed by atoms with E-state index in [2.05, 4.69) is 15.4 Å². The van der Waals surface area contributed by atoms with Crippen molar-refractivity contribution in [2.24, 2.45) is 0 Å². The molecule has 0 saturated heterocycles. The number of rotatable bonds is 0. The van der Waals surface area contributed by atoms with Gasteiger partial charge >= 0.3 is 54.8 Å². The molecule has 0 aliphatic heterocycles. The highest BCUT2D eigenvalue weighted by molar-refractivity contribution is 7.46. The van der Waals surface area contributed by atoms with Crippen LogP contribution in [0.15, 0.2) is 18.5 Å². The minimum atomic E-state index is -4.64. The fourth-order valence-corrected chi connectivity index (χ4v) is 0.205. The molecule has 254 valence electrons. The maximum Gasteiger partial charge on any atom is 0.466 e. The van der Waals surface area contributed by atoms with Gasteiger partial charge in [0, 0.05) is 0 Å². The molecule has 0 aliphatic carbocycles. The molecule has 41 heavy (non-hydrogen) atoms. The zero-order chi connectivity index (χ0) is 35.7. The Kier molecular flexibility index (Phi) is 36.1. The second-order valence-corrected chi connectivity index (χ2v) is 11.6. The van der Waals surface area contributed by atoms with Crippen molar-refractivity contribution in [1.29, 1.82) is 0 Å². The van der Waals surface area contributed by atoms with Gasteiger partial charge in [0.2, 0.25) is 0 Å². The molecular weight excluding hydrogens is 743 g/mol. The zero-order valence-electron chi connectivity index (χ0n) is 18.5. The van der Waals surface area contributed by atoms with Gasteiger partial charge in [0.1, 0.15) is 0 Å². The highest BCUT2D eigenvalue weighted by Crippen LogP contribution is 2.28. The summed E-state index contributed by atoms with van der Waals surface area (Å²) in [6.45, 7) is 0. The minimum absolute atomic E-state index is 1.58. The molecule has 0 radical (unpaired) electrons. The highest BCUT2D eigenvalue weighted by Gasteiger charge is 2.02. The van der Waals surface area contributed by atoms with Crippen molar-refractivity contribution >= 4 is 54.8 Å². The molecule has 21 N–H and O–H groups in total. The fraction of sp³-hybridized carbons (Fsp3) is 0. The summed E-state index contributed by atoms with van der Waals surface area (Å²) in [5, 5.41) is 10.1. The van der Waals surface area contributed by atoms with E-state index < -0.39 is 54.8 Å². The van der Waals surface area contributed by atoms with Gasteiger partial charge < -0.3 is 103 Å². The van der Waals surface area contributed by atoms with Crippen LogP contribution in [0.4, 0.5) is 0 Å². The van der Waals surface area contributed by atoms with E-state index in [1.165, 1.54) is 0 Å². The molecule has 0 aliphatic rings. The first kappa shape index (κ1) is 56.6. The van der Waals surface area contributed by atoms with Crippen molar-refractivity contribution in [3.8, 4) is 0 Å². The summed E-state index contributed by atoms with van der Waals surface area (Å²) in [6.07, 6.45) is 3.15. The van der Waals surface area contributed by atoms with E-state index in [1.807, 2.05) is 0 Å². The Balaban J connectivity index is -0.0000000645. The molecule has 1 aromatic rings. The van der Waals surface area contributed by atoms with Crippen LogP contribution in [0.25, 0.3) is 0 Å². The van der Waals surface area contributed by atoms with Gasteiger partial charge in [-0.2, -0.15) is 0 Å². The van der Waals surface area contributed by atoms with Crippen LogP contribution in [0.1, 0.15) is 0 Å². The molecule has 1 heterocycles. The van der Waals surface area contributed by atoms with E-state index in [0.29, 0.717) is 0 Å². The second kappa shape index (κ2) is 26.2. The largest absolute Gasteiger partial charge is 0.466 e. The van der Waals surface area contributed by atoms with E-state index in [-0.39, 0.29) is 0 Å². The molecule has 0 atom stereocenters. The maximum absolute atomic E-state index is 8.88. The second-order valence-electron chi connectivity index (χ2n) is 4.40. The first-order valence-corrected chi connectivity index (χ1v) is 18.0. The number of nitrogens with zero attached hydrogens (tertiary/aromatic N) is 3. The Morgan fingerprint density at radius 2 is 0.390 bits per heavy atom. The Hall–Kier alpha value is -0.220. The van der Waals surface area contributed by atoms with Gasteiger partial charge in [-0.3, -0.25) is 0 Å². The molecule has 38 heteroatoms. The van der Waals surface area contributed by atoms with E-state index in [4.69, 9.17) is 135 Å². The minimum Gasteiger partial charge on any atom is -0.303 e. The van der Waals surface area contributed by atoms with Gasteiger partial charge in [-0.15, -0.1) is 10.2 Å². The lowest BCUT2D eigenvalue weighted by Crippen LogP contribution is -1.78. The van der Waals surface area contributed by atoms with Gasteiger partial charge in [0.05, 0.1) is 12.4 Å². The normalized spacial score (nSPS) is 11.2. The van der Waals surface area contributed by atoms with E-state index in [9.17, 15) is 0 Å². The van der Waals surface area contributed by atoms with Crippen LogP contribution >= 0.6 is 54.8 Å². The van der Waals surface area contributed by atoms with Gasteiger partial charge in [0.25, 0.3) is 0 Å². The van der Waals surface area contributed by atoms with Gasteiger partial charge in [-0.25, -0.2) is 32.0 Å². The van der Waals surface area contributed by atoms with E-state index >= 15 is 0 Å². The Bertz CT molecular complexity index is 766. The lowest BCUT2D eigenvalue weighted by molar-refractivity contribution is 0.272. The molecule has 0 fully saturated rings. The fourth-order valence-electron chi connectivity index (χ4n) is 0.205. The zero-order valence-corrected chi connectivity index (χ0v) is 24.7.